The van der Waals surface area contributed by atoms with Crippen LogP contribution >= 0.6 is 0 Å². The number of primary amides is 1. The number of hydrogen-bond acceptors (Lipinski definition) is 3. The van der Waals surface area contributed by atoms with E-state index in [4.69, 9.17) is 16.2 Å². The average Bonchev–Trinajstić information content (AvgIpc) is 2.18. The smallest absolute Gasteiger partial charge is 0.244 e. The van der Waals surface area contributed by atoms with Gasteiger partial charge in [-0.1, -0.05) is 24.3 Å². The second-order valence-corrected chi connectivity index (χ2v) is 3.49. The molecule has 4 nitrogen and oxygen atoms in total. The van der Waals surface area contributed by atoms with E-state index in [1.807, 2.05) is 24.3 Å². The SMILES string of the molecule is NC(=O)C1(N)COCc2ccccc21. The van der Waals surface area contributed by atoms with Gasteiger partial charge in [-0.05, 0) is 11.1 Å². The van der Waals surface area contributed by atoms with E-state index in [9.17, 15) is 4.79 Å². The molecule has 1 atom stereocenters. The maximum Gasteiger partial charge on any atom is 0.244 e. The Morgan fingerprint density at radius 2 is 2.14 bits per heavy atom. The summed E-state index contributed by atoms with van der Waals surface area (Å²) in [6.45, 7) is 0.641. The minimum Gasteiger partial charge on any atom is -0.374 e. The molecule has 14 heavy (non-hydrogen) atoms. The number of benzene rings is 1. The molecule has 0 aromatic heterocycles. The van der Waals surface area contributed by atoms with Crippen molar-refractivity contribution in [2.45, 2.75) is 12.1 Å². The van der Waals surface area contributed by atoms with Gasteiger partial charge in [0.2, 0.25) is 5.91 Å². The lowest BCUT2D eigenvalue weighted by Gasteiger charge is -2.32. The van der Waals surface area contributed by atoms with Gasteiger partial charge in [0.15, 0.2) is 0 Å². The molecule has 4 heteroatoms. The summed E-state index contributed by atoms with van der Waals surface area (Å²) in [7, 11) is 0. The number of carbonyl (C=O) groups excluding carboxylic acids is 1. The van der Waals surface area contributed by atoms with Crippen LogP contribution in [0.3, 0.4) is 0 Å². The monoisotopic (exact) mass is 192 g/mol. The summed E-state index contributed by atoms with van der Waals surface area (Å²) in [6.07, 6.45) is 0. The molecule has 0 saturated heterocycles. The van der Waals surface area contributed by atoms with E-state index in [2.05, 4.69) is 0 Å². The minimum absolute atomic E-state index is 0.152. The summed E-state index contributed by atoms with van der Waals surface area (Å²) in [6, 6.07) is 7.44. The van der Waals surface area contributed by atoms with Gasteiger partial charge in [-0.3, -0.25) is 4.79 Å². The average molecular weight is 192 g/mol. The highest BCUT2D eigenvalue weighted by molar-refractivity contribution is 5.86. The zero-order valence-electron chi connectivity index (χ0n) is 7.69. The fraction of sp³-hybridized carbons (Fsp3) is 0.300. The second-order valence-electron chi connectivity index (χ2n) is 3.49. The van der Waals surface area contributed by atoms with Gasteiger partial charge in [0.25, 0.3) is 0 Å². The zero-order chi connectivity index (χ0) is 10.2. The van der Waals surface area contributed by atoms with E-state index in [1.54, 1.807) is 0 Å². The summed E-state index contributed by atoms with van der Waals surface area (Å²) in [5, 5.41) is 0. The molecule has 1 aromatic rings. The molecule has 2 rings (SSSR count). The molecule has 1 heterocycles. The molecule has 1 aliphatic rings. The third kappa shape index (κ3) is 1.20. The van der Waals surface area contributed by atoms with E-state index >= 15 is 0 Å². The van der Waals surface area contributed by atoms with Crippen LogP contribution in [0.25, 0.3) is 0 Å². The van der Waals surface area contributed by atoms with Crippen molar-refractivity contribution in [3.05, 3.63) is 35.4 Å². The Bertz CT molecular complexity index is 378. The van der Waals surface area contributed by atoms with Crippen molar-refractivity contribution in [2.75, 3.05) is 6.61 Å². The van der Waals surface area contributed by atoms with Gasteiger partial charge < -0.3 is 16.2 Å². The Morgan fingerprint density at radius 1 is 1.43 bits per heavy atom. The molecule has 0 saturated carbocycles. The lowest BCUT2D eigenvalue weighted by atomic mass is 9.86. The number of nitrogens with two attached hydrogens (primary N) is 2. The van der Waals surface area contributed by atoms with Gasteiger partial charge in [-0.15, -0.1) is 0 Å². The van der Waals surface area contributed by atoms with E-state index in [-0.39, 0.29) is 6.61 Å². The van der Waals surface area contributed by atoms with Gasteiger partial charge in [-0.2, -0.15) is 0 Å². The van der Waals surface area contributed by atoms with E-state index < -0.39 is 11.4 Å². The van der Waals surface area contributed by atoms with Crippen molar-refractivity contribution >= 4 is 5.91 Å². The molecule has 1 aromatic carbocycles. The molecule has 1 aliphatic heterocycles. The maximum absolute atomic E-state index is 11.3. The number of hydrogen-bond donors (Lipinski definition) is 2. The largest absolute Gasteiger partial charge is 0.374 e. The summed E-state index contributed by atoms with van der Waals surface area (Å²) in [4.78, 5) is 11.3. The van der Waals surface area contributed by atoms with Crippen molar-refractivity contribution in [3.8, 4) is 0 Å². The standard InChI is InChI=1S/C10H12N2O2/c11-9(13)10(12)6-14-5-7-3-1-2-4-8(7)10/h1-4H,5-6,12H2,(H2,11,13). The Balaban J connectivity index is 2.55. The summed E-state index contributed by atoms with van der Waals surface area (Å²) >= 11 is 0. The zero-order valence-corrected chi connectivity index (χ0v) is 7.69. The van der Waals surface area contributed by atoms with Gasteiger partial charge in [-0.25, -0.2) is 0 Å². The second kappa shape index (κ2) is 3.08. The molecule has 74 valence electrons. The van der Waals surface area contributed by atoms with Crippen molar-refractivity contribution < 1.29 is 9.53 Å². The minimum atomic E-state index is -1.17. The number of ether oxygens (including phenoxy) is 1. The first kappa shape index (κ1) is 9.18. The van der Waals surface area contributed by atoms with Crippen LogP contribution in [0.5, 0.6) is 0 Å². The molecule has 1 amide bonds. The van der Waals surface area contributed by atoms with Crippen LogP contribution in [0.4, 0.5) is 0 Å². The quantitative estimate of drug-likeness (QED) is 0.649. The van der Waals surface area contributed by atoms with Crippen molar-refractivity contribution in [2.24, 2.45) is 11.5 Å². The lowest BCUT2D eigenvalue weighted by Crippen LogP contribution is -2.54. The third-order valence-corrected chi connectivity index (χ3v) is 2.52. The Labute approximate surface area is 81.8 Å². The van der Waals surface area contributed by atoms with Crippen LogP contribution < -0.4 is 11.5 Å². The normalized spacial score (nSPS) is 25.5. The maximum atomic E-state index is 11.3. The lowest BCUT2D eigenvalue weighted by molar-refractivity contribution is -0.127. The molecule has 0 spiro atoms. The fourth-order valence-electron chi connectivity index (χ4n) is 1.68. The first-order valence-corrected chi connectivity index (χ1v) is 4.39. The van der Waals surface area contributed by atoms with Crippen molar-refractivity contribution in [1.82, 2.24) is 0 Å². The number of carbonyl (C=O) groups is 1. The molecular formula is C10H12N2O2. The van der Waals surface area contributed by atoms with Crippen LogP contribution in [-0.4, -0.2) is 12.5 Å². The molecule has 0 aliphatic carbocycles. The predicted octanol–water partition coefficient (Wildman–Crippen LogP) is -0.144. The van der Waals surface area contributed by atoms with Crippen LogP contribution in [0, 0.1) is 0 Å². The molecule has 4 N–H and O–H groups in total. The highest BCUT2D eigenvalue weighted by Crippen LogP contribution is 2.27. The first-order valence-electron chi connectivity index (χ1n) is 4.39. The third-order valence-electron chi connectivity index (χ3n) is 2.52. The molecule has 1 unspecified atom stereocenters. The van der Waals surface area contributed by atoms with Crippen LogP contribution in [0.2, 0.25) is 0 Å². The summed E-state index contributed by atoms with van der Waals surface area (Å²) in [5.74, 6) is -0.551. The highest BCUT2D eigenvalue weighted by atomic mass is 16.5. The number of fused-ring (bicyclic) bond motifs is 1. The van der Waals surface area contributed by atoms with Gasteiger partial charge in [0.1, 0.15) is 5.54 Å². The van der Waals surface area contributed by atoms with E-state index in [1.165, 1.54) is 0 Å². The van der Waals surface area contributed by atoms with Crippen LogP contribution in [-0.2, 0) is 21.7 Å². The summed E-state index contributed by atoms with van der Waals surface area (Å²) < 4.78 is 5.25. The number of amides is 1. The van der Waals surface area contributed by atoms with Crippen LogP contribution in [0.1, 0.15) is 11.1 Å². The highest BCUT2D eigenvalue weighted by Gasteiger charge is 2.38. The van der Waals surface area contributed by atoms with Crippen molar-refractivity contribution in [1.29, 1.82) is 0 Å². The van der Waals surface area contributed by atoms with Gasteiger partial charge in [0.05, 0.1) is 13.2 Å². The Morgan fingerprint density at radius 3 is 2.86 bits per heavy atom. The van der Waals surface area contributed by atoms with Gasteiger partial charge in [0, 0.05) is 0 Å². The molecule has 0 bridgehead atoms. The van der Waals surface area contributed by atoms with Crippen LogP contribution in [0.15, 0.2) is 24.3 Å². The Hall–Kier alpha value is -1.39. The first-order chi connectivity index (χ1) is 6.64. The van der Waals surface area contributed by atoms with Crippen molar-refractivity contribution in [3.63, 3.8) is 0 Å². The molecule has 0 radical (unpaired) electrons. The molecular weight excluding hydrogens is 180 g/mol. The fourth-order valence-corrected chi connectivity index (χ4v) is 1.68. The topological polar surface area (TPSA) is 78.3 Å². The van der Waals surface area contributed by atoms with E-state index in [0.717, 1.165) is 11.1 Å². The number of rotatable bonds is 1. The predicted molar refractivity (Wildman–Crippen MR) is 51.2 cm³/mol. The summed E-state index contributed by atoms with van der Waals surface area (Å²) in [5.41, 5.74) is 11.7. The van der Waals surface area contributed by atoms with Gasteiger partial charge >= 0.3 is 0 Å². The Kier molecular flexibility index (Phi) is 2.02. The van der Waals surface area contributed by atoms with E-state index in [0.29, 0.717) is 6.61 Å². The molecule has 0 fully saturated rings.